The van der Waals surface area contributed by atoms with Gasteiger partial charge in [0.2, 0.25) is 0 Å². The Labute approximate surface area is 134 Å². The lowest BCUT2D eigenvalue weighted by Gasteiger charge is -2.29. The Morgan fingerprint density at radius 3 is 2.87 bits per heavy atom. The van der Waals surface area contributed by atoms with Crippen molar-refractivity contribution in [2.75, 3.05) is 5.32 Å². The van der Waals surface area contributed by atoms with Crippen molar-refractivity contribution in [3.63, 3.8) is 0 Å². The van der Waals surface area contributed by atoms with Gasteiger partial charge in [-0.25, -0.2) is 0 Å². The van der Waals surface area contributed by atoms with E-state index in [-0.39, 0.29) is 23.2 Å². The first-order chi connectivity index (χ1) is 10.9. The molecule has 0 bridgehead atoms. The summed E-state index contributed by atoms with van der Waals surface area (Å²) < 4.78 is 5.79. The standard InChI is InChI=1S/C16H22N2O5/c1-10-4-3-5-13(8-10)23-11(2)16(20)17-14-9-12(18(21)22)6-7-15(14)19/h6-7,9-11,13,19H,3-5,8H2,1-2H3,(H,17,20)/t10-,11+,13+/m1/s1. The molecule has 1 saturated carbocycles. The fourth-order valence-electron chi connectivity index (χ4n) is 2.82. The van der Waals surface area contributed by atoms with Gasteiger partial charge in [-0.15, -0.1) is 0 Å². The number of phenolic OH excluding ortho intramolecular Hbond substituents is 1. The Morgan fingerprint density at radius 2 is 2.22 bits per heavy atom. The number of hydrogen-bond donors (Lipinski definition) is 2. The fraction of sp³-hybridized carbons (Fsp3) is 0.562. The molecule has 1 aromatic rings. The normalized spacial score (nSPS) is 22.3. The number of nitro benzene ring substituents is 1. The van der Waals surface area contributed by atoms with E-state index in [0.717, 1.165) is 25.3 Å². The average molecular weight is 322 g/mol. The maximum atomic E-state index is 12.2. The average Bonchev–Trinajstić information content (AvgIpc) is 2.49. The molecule has 0 saturated heterocycles. The number of non-ortho nitro benzene ring substituents is 1. The molecule has 2 N–H and O–H groups in total. The van der Waals surface area contributed by atoms with Gasteiger partial charge < -0.3 is 15.2 Å². The highest BCUT2D eigenvalue weighted by Gasteiger charge is 2.24. The Balaban J connectivity index is 1.98. The predicted molar refractivity (Wildman–Crippen MR) is 85.4 cm³/mol. The zero-order chi connectivity index (χ0) is 17.0. The molecule has 0 aromatic heterocycles. The van der Waals surface area contributed by atoms with E-state index in [4.69, 9.17) is 4.74 Å². The summed E-state index contributed by atoms with van der Waals surface area (Å²) in [4.78, 5) is 22.4. The molecule has 1 aromatic carbocycles. The third-order valence-electron chi connectivity index (χ3n) is 4.10. The number of anilines is 1. The van der Waals surface area contributed by atoms with E-state index in [1.165, 1.54) is 18.6 Å². The minimum atomic E-state index is -0.691. The van der Waals surface area contributed by atoms with E-state index < -0.39 is 16.9 Å². The number of nitrogens with zero attached hydrogens (tertiary/aromatic N) is 1. The van der Waals surface area contributed by atoms with E-state index in [1.54, 1.807) is 6.92 Å². The monoisotopic (exact) mass is 322 g/mol. The van der Waals surface area contributed by atoms with Gasteiger partial charge in [0, 0.05) is 12.1 Å². The number of benzene rings is 1. The molecule has 1 fully saturated rings. The molecule has 1 aliphatic carbocycles. The van der Waals surface area contributed by atoms with Crippen LogP contribution < -0.4 is 5.32 Å². The summed E-state index contributed by atoms with van der Waals surface area (Å²) in [5, 5.41) is 23.0. The quantitative estimate of drug-likeness (QED) is 0.492. The van der Waals surface area contributed by atoms with Crippen LogP contribution in [0.3, 0.4) is 0 Å². The molecule has 3 atom stereocenters. The van der Waals surface area contributed by atoms with Crippen molar-refractivity contribution in [2.24, 2.45) is 5.92 Å². The maximum Gasteiger partial charge on any atom is 0.271 e. The van der Waals surface area contributed by atoms with Gasteiger partial charge in [0.1, 0.15) is 11.9 Å². The number of ether oxygens (including phenoxy) is 1. The number of hydrogen-bond acceptors (Lipinski definition) is 5. The minimum absolute atomic E-state index is 0.0108. The number of phenols is 1. The van der Waals surface area contributed by atoms with E-state index in [9.17, 15) is 20.0 Å². The summed E-state index contributed by atoms with van der Waals surface area (Å²) in [5.41, 5.74) is -0.190. The van der Waals surface area contributed by atoms with Crippen molar-refractivity contribution in [1.29, 1.82) is 0 Å². The van der Waals surface area contributed by atoms with Gasteiger partial charge >= 0.3 is 0 Å². The smallest absolute Gasteiger partial charge is 0.271 e. The molecule has 2 rings (SSSR count). The first kappa shape index (κ1) is 17.2. The fourth-order valence-corrected chi connectivity index (χ4v) is 2.82. The largest absolute Gasteiger partial charge is 0.506 e. The van der Waals surface area contributed by atoms with E-state index >= 15 is 0 Å². The molecule has 7 heteroatoms. The molecule has 23 heavy (non-hydrogen) atoms. The van der Waals surface area contributed by atoms with Crippen LogP contribution in [0.25, 0.3) is 0 Å². The Bertz CT molecular complexity index is 590. The predicted octanol–water partition coefficient (Wildman–Crippen LogP) is 3.22. The van der Waals surface area contributed by atoms with Crippen LogP contribution in [0.15, 0.2) is 18.2 Å². The number of nitro groups is 1. The molecule has 0 spiro atoms. The lowest BCUT2D eigenvalue weighted by molar-refractivity contribution is -0.384. The highest BCUT2D eigenvalue weighted by molar-refractivity contribution is 5.95. The summed E-state index contributed by atoms with van der Waals surface area (Å²) in [6.07, 6.45) is 3.50. The molecular weight excluding hydrogens is 300 g/mol. The first-order valence-electron chi connectivity index (χ1n) is 7.80. The summed E-state index contributed by atoms with van der Waals surface area (Å²) in [5.74, 6) is -0.0636. The highest BCUT2D eigenvalue weighted by Crippen LogP contribution is 2.29. The van der Waals surface area contributed by atoms with Crippen LogP contribution in [0.5, 0.6) is 5.75 Å². The zero-order valence-electron chi connectivity index (χ0n) is 13.3. The molecule has 0 radical (unpaired) electrons. The third kappa shape index (κ3) is 4.66. The number of aromatic hydroxyl groups is 1. The number of rotatable bonds is 5. The third-order valence-corrected chi connectivity index (χ3v) is 4.10. The second kappa shape index (κ2) is 7.41. The number of nitrogens with one attached hydrogen (secondary N) is 1. The summed E-state index contributed by atoms with van der Waals surface area (Å²) in [6, 6.07) is 3.49. The molecule has 1 amide bonds. The number of carbonyl (C=O) groups excluding carboxylic acids is 1. The van der Waals surface area contributed by atoms with Crippen LogP contribution in [0.1, 0.15) is 39.5 Å². The number of amides is 1. The lowest BCUT2D eigenvalue weighted by atomic mass is 9.88. The van der Waals surface area contributed by atoms with Gasteiger partial charge in [-0.05, 0) is 31.7 Å². The Kier molecular flexibility index (Phi) is 5.54. The van der Waals surface area contributed by atoms with Gasteiger partial charge in [-0.1, -0.05) is 19.8 Å². The maximum absolute atomic E-state index is 12.2. The zero-order valence-corrected chi connectivity index (χ0v) is 13.3. The van der Waals surface area contributed by atoms with Crippen molar-refractivity contribution in [2.45, 2.75) is 51.7 Å². The van der Waals surface area contributed by atoms with Crippen molar-refractivity contribution in [1.82, 2.24) is 0 Å². The van der Waals surface area contributed by atoms with Crippen LogP contribution in [-0.2, 0) is 9.53 Å². The molecule has 0 heterocycles. The summed E-state index contributed by atoms with van der Waals surface area (Å²) in [7, 11) is 0. The van der Waals surface area contributed by atoms with Crippen LogP contribution in [0, 0.1) is 16.0 Å². The van der Waals surface area contributed by atoms with Gasteiger partial charge in [0.05, 0.1) is 16.7 Å². The van der Waals surface area contributed by atoms with Crippen LogP contribution in [-0.4, -0.2) is 28.1 Å². The van der Waals surface area contributed by atoms with Crippen molar-refractivity contribution < 1.29 is 19.6 Å². The topological polar surface area (TPSA) is 102 Å². The van der Waals surface area contributed by atoms with Gasteiger partial charge in [0.15, 0.2) is 0 Å². The van der Waals surface area contributed by atoms with Crippen LogP contribution in [0.4, 0.5) is 11.4 Å². The lowest BCUT2D eigenvalue weighted by Crippen LogP contribution is -2.33. The first-order valence-corrected chi connectivity index (χ1v) is 7.80. The molecule has 0 unspecified atom stereocenters. The minimum Gasteiger partial charge on any atom is -0.506 e. The van der Waals surface area contributed by atoms with E-state index in [0.29, 0.717) is 5.92 Å². The van der Waals surface area contributed by atoms with Crippen LogP contribution in [0.2, 0.25) is 0 Å². The van der Waals surface area contributed by atoms with Gasteiger partial charge in [-0.3, -0.25) is 14.9 Å². The highest BCUT2D eigenvalue weighted by atomic mass is 16.6. The second-order valence-electron chi connectivity index (χ2n) is 6.12. The van der Waals surface area contributed by atoms with E-state index in [2.05, 4.69) is 12.2 Å². The molecule has 126 valence electrons. The molecule has 1 aliphatic rings. The molecule has 0 aliphatic heterocycles. The Morgan fingerprint density at radius 1 is 1.48 bits per heavy atom. The second-order valence-corrected chi connectivity index (χ2v) is 6.12. The molecular formula is C16H22N2O5. The Hall–Kier alpha value is -2.15. The van der Waals surface area contributed by atoms with Gasteiger partial charge in [0.25, 0.3) is 11.6 Å². The van der Waals surface area contributed by atoms with Crippen molar-refractivity contribution in [3.05, 3.63) is 28.3 Å². The van der Waals surface area contributed by atoms with Crippen molar-refractivity contribution >= 4 is 17.3 Å². The summed E-state index contributed by atoms with van der Waals surface area (Å²) >= 11 is 0. The summed E-state index contributed by atoms with van der Waals surface area (Å²) in [6.45, 7) is 3.81. The SMILES string of the molecule is C[C@@H]1CCC[C@H](O[C@@H](C)C(=O)Nc2cc([N+](=O)[O-])ccc2O)C1. The van der Waals surface area contributed by atoms with E-state index in [1.807, 2.05) is 0 Å². The van der Waals surface area contributed by atoms with Crippen molar-refractivity contribution in [3.8, 4) is 5.75 Å². The van der Waals surface area contributed by atoms with Gasteiger partial charge in [-0.2, -0.15) is 0 Å². The van der Waals surface area contributed by atoms with Crippen LogP contribution >= 0.6 is 0 Å². The number of carbonyl (C=O) groups is 1. The molecule has 7 nitrogen and oxygen atoms in total.